The number of aliphatic hydroxyl groups is 1. The van der Waals surface area contributed by atoms with E-state index in [1.54, 1.807) is 16.8 Å². The number of hydrazone groups is 1. The summed E-state index contributed by atoms with van der Waals surface area (Å²) in [5, 5.41) is 37.7. The predicted octanol–water partition coefficient (Wildman–Crippen LogP) is 5.15. The van der Waals surface area contributed by atoms with Gasteiger partial charge in [0.2, 0.25) is 12.3 Å². The third-order valence-corrected chi connectivity index (χ3v) is 6.15. The van der Waals surface area contributed by atoms with Crippen LogP contribution in [-0.2, 0) is 0 Å². The number of β-amino-alcohol motifs (C(OH)–C–C–N with tert-alkyl or cyclic N) is 1. The highest BCUT2D eigenvalue weighted by atomic mass is 16.6. The molecule has 0 aromatic heterocycles. The summed E-state index contributed by atoms with van der Waals surface area (Å²) in [6.45, 7) is 4.23. The van der Waals surface area contributed by atoms with Crippen molar-refractivity contribution in [3.63, 3.8) is 0 Å². The molecule has 1 aliphatic heterocycles. The number of nitro groups is 2. The topological polar surface area (TPSA) is 122 Å². The third kappa shape index (κ3) is 5.11. The zero-order valence-corrected chi connectivity index (χ0v) is 19.8. The fourth-order valence-electron chi connectivity index (χ4n) is 4.16. The van der Waals surface area contributed by atoms with Gasteiger partial charge in [-0.1, -0.05) is 35.0 Å². The Morgan fingerprint density at radius 2 is 1.44 bits per heavy atom. The van der Waals surface area contributed by atoms with Crippen LogP contribution in [-0.4, -0.2) is 37.6 Å². The molecule has 182 valence electrons. The van der Waals surface area contributed by atoms with Crippen molar-refractivity contribution >= 4 is 28.9 Å². The Morgan fingerprint density at radius 3 is 2.00 bits per heavy atom. The summed E-state index contributed by atoms with van der Waals surface area (Å²) >= 11 is 0. The van der Waals surface area contributed by atoms with Crippen LogP contribution in [0.3, 0.4) is 0 Å². The predicted molar refractivity (Wildman–Crippen MR) is 137 cm³/mol. The average molecular weight is 486 g/mol. The van der Waals surface area contributed by atoms with Crippen LogP contribution in [0.15, 0.2) is 90.0 Å². The van der Waals surface area contributed by atoms with Gasteiger partial charge in [0.25, 0.3) is 11.4 Å². The van der Waals surface area contributed by atoms with Crippen molar-refractivity contribution in [2.24, 2.45) is 10.5 Å². The van der Waals surface area contributed by atoms with E-state index in [1.807, 2.05) is 56.3 Å². The number of rotatable bonds is 8. The van der Waals surface area contributed by atoms with Crippen molar-refractivity contribution < 1.29 is 19.6 Å². The summed E-state index contributed by atoms with van der Waals surface area (Å²) in [5.74, 6) is 0. The van der Waals surface area contributed by atoms with Crippen LogP contribution in [0.1, 0.15) is 36.6 Å². The molecule has 0 bridgehead atoms. The average Bonchev–Trinajstić information content (AvgIpc) is 3.12. The zero-order valence-electron chi connectivity index (χ0n) is 19.8. The lowest BCUT2D eigenvalue weighted by atomic mass is 9.79. The molecule has 0 fully saturated rings. The van der Waals surface area contributed by atoms with E-state index in [-0.39, 0.29) is 17.9 Å². The van der Waals surface area contributed by atoms with Gasteiger partial charge in [-0.3, -0.25) is 20.2 Å². The molecule has 0 amide bonds. The van der Waals surface area contributed by atoms with Gasteiger partial charge in [0.05, 0.1) is 9.85 Å². The van der Waals surface area contributed by atoms with Crippen molar-refractivity contribution in [1.29, 1.82) is 0 Å². The first-order valence-corrected chi connectivity index (χ1v) is 11.3. The van der Waals surface area contributed by atoms with Crippen LogP contribution in [0.4, 0.5) is 11.4 Å². The lowest BCUT2D eigenvalue weighted by molar-refractivity contribution is -0.540. The second kappa shape index (κ2) is 10.0. The summed E-state index contributed by atoms with van der Waals surface area (Å²) in [7, 11) is 0. The Morgan fingerprint density at radius 1 is 0.889 bits per heavy atom. The van der Waals surface area contributed by atoms with Gasteiger partial charge in [-0.2, -0.15) is 0 Å². The molecule has 1 aliphatic rings. The molecule has 3 aromatic carbocycles. The first-order chi connectivity index (χ1) is 17.2. The number of benzene rings is 3. The van der Waals surface area contributed by atoms with E-state index < -0.39 is 21.4 Å². The maximum atomic E-state index is 11.0. The Bertz CT molecular complexity index is 1380. The highest BCUT2D eigenvalue weighted by Gasteiger charge is 2.45. The van der Waals surface area contributed by atoms with Gasteiger partial charge in [0.15, 0.2) is 0 Å². The summed E-state index contributed by atoms with van der Waals surface area (Å²) in [4.78, 5) is 21.0. The molecule has 36 heavy (non-hydrogen) atoms. The second-order valence-electron chi connectivity index (χ2n) is 8.95. The van der Waals surface area contributed by atoms with E-state index >= 15 is 0 Å². The van der Waals surface area contributed by atoms with Crippen LogP contribution in [0.5, 0.6) is 0 Å². The molecule has 9 nitrogen and oxygen atoms in total. The minimum atomic E-state index is -0.941. The number of non-ortho nitro benzene ring substituents is 2. The van der Waals surface area contributed by atoms with Crippen LogP contribution in [0.25, 0.3) is 6.08 Å². The van der Waals surface area contributed by atoms with Crippen molar-refractivity contribution in [3.8, 4) is 0 Å². The maximum absolute atomic E-state index is 11.0. The number of hydrogen-bond acceptors (Lipinski definition) is 6. The standard InChI is InChI=1S/C27H25N4O5/c1-27(2)25(17-10-19-8-13-22(14-9-19)30(33)34)29(28-26(27)21-6-4-3-5-7-21)18-24(32)20-11-15-23(16-12-20)31(35)36/h3-17,24,32H,18H2,1-2H3/q+1/b17-10+. The lowest BCUT2D eigenvalue weighted by Crippen LogP contribution is -2.32. The summed E-state index contributed by atoms with van der Waals surface area (Å²) < 4.78 is 1.75. The van der Waals surface area contributed by atoms with Crippen LogP contribution < -0.4 is 0 Å². The fourth-order valence-corrected chi connectivity index (χ4v) is 4.16. The molecule has 1 atom stereocenters. The third-order valence-electron chi connectivity index (χ3n) is 6.15. The fraction of sp³-hybridized carbons (Fsp3) is 0.185. The van der Waals surface area contributed by atoms with Crippen LogP contribution in [0.2, 0.25) is 0 Å². The van der Waals surface area contributed by atoms with Gasteiger partial charge in [-0.15, -0.1) is 0 Å². The molecule has 0 radical (unpaired) electrons. The van der Waals surface area contributed by atoms with Gasteiger partial charge in [0.1, 0.15) is 17.2 Å². The van der Waals surface area contributed by atoms with E-state index in [9.17, 15) is 25.3 Å². The Labute approximate surface area is 207 Å². The monoisotopic (exact) mass is 485 g/mol. The maximum Gasteiger partial charge on any atom is 0.269 e. The SMILES string of the molecule is CC1(C)C(c2ccccc2)=N[N+](CC(O)c2ccc([N+](=O)[O-])cc2)=C1/C=C/c1ccc([N+](=O)[O-])cc1. The Hall–Kier alpha value is -4.50. The van der Waals surface area contributed by atoms with Crippen molar-refractivity contribution in [3.05, 3.63) is 122 Å². The highest BCUT2D eigenvalue weighted by molar-refractivity contribution is 6.22. The Balaban J connectivity index is 1.69. The van der Waals surface area contributed by atoms with E-state index in [2.05, 4.69) is 0 Å². The molecule has 0 saturated carbocycles. The van der Waals surface area contributed by atoms with Gasteiger partial charge in [-0.05, 0) is 60.4 Å². The normalized spacial score (nSPS) is 15.7. The molecule has 0 spiro atoms. The van der Waals surface area contributed by atoms with Gasteiger partial charge < -0.3 is 5.11 Å². The van der Waals surface area contributed by atoms with Crippen molar-refractivity contribution in [2.45, 2.75) is 20.0 Å². The van der Waals surface area contributed by atoms with E-state index in [1.165, 1.54) is 36.4 Å². The van der Waals surface area contributed by atoms with Gasteiger partial charge >= 0.3 is 0 Å². The lowest BCUT2D eigenvalue weighted by Gasteiger charge is -2.17. The van der Waals surface area contributed by atoms with E-state index in [0.717, 1.165) is 22.6 Å². The van der Waals surface area contributed by atoms with Gasteiger partial charge in [0, 0.05) is 35.9 Å². The number of nitro benzene ring substituents is 2. The number of nitrogens with zero attached hydrogens (tertiary/aromatic N) is 4. The molecule has 3 aromatic rings. The van der Waals surface area contributed by atoms with E-state index in [4.69, 9.17) is 5.10 Å². The molecular weight excluding hydrogens is 460 g/mol. The van der Waals surface area contributed by atoms with Crippen LogP contribution >= 0.6 is 0 Å². The first kappa shape index (κ1) is 24.6. The minimum absolute atomic E-state index is 0.0172. The molecular formula is C27H25N4O5+. The van der Waals surface area contributed by atoms with E-state index in [0.29, 0.717) is 5.56 Å². The molecule has 1 N–H and O–H groups in total. The molecule has 0 aliphatic carbocycles. The summed E-state index contributed by atoms with van der Waals surface area (Å²) in [5.41, 5.74) is 3.42. The van der Waals surface area contributed by atoms with Crippen molar-refractivity contribution in [2.75, 3.05) is 6.54 Å². The molecule has 1 heterocycles. The smallest absolute Gasteiger partial charge is 0.269 e. The number of aliphatic hydroxyl groups excluding tert-OH is 1. The highest BCUT2D eigenvalue weighted by Crippen LogP contribution is 2.32. The summed E-state index contributed by atoms with van der Waals surface area (Å²) in [6, 6.07) is 21.8. The van der Waals surface area contributed by atoms with Crippen LogP contribution in [0, 0.1) is 25.6 Å². The number of hydrogen-bond donors (Lipinski definition) is 1. The minimum Gasteiger partial charge on any atom is -0.382 e. The quantitative estimate of drug-likeness (QED) is 0.269. The second-order valence-corrected chi connectivity index (χ2v) is 8.95. The Kier molecular flexibility index (Phi) is 6.84. The first-order valence-electron chi connectivity index (χ1n) is 11.3. The zero-order chi connectivity index (χ0) is 25.9. The number of allylic oxidation sites excluding steroid dienone is 1. The summed E-state index contributed by atoms with van der Waals surface area (Å²) in [6.07, 6.45) is 2.82. The molecule has 1 unspecified atom stereocenters. The molecule has 0 saturated heterocycles. The molecule has 9 heteroatoms. The largest absolute Gasteiger partial charge is 0.382 e. The van der Waals surface area contributed by atoms with Crippen molar-refractivity contribution in [1.82, 2.24) is 0 Å². The molecule has 4 rings (SSSR count). The van der Waals surface area contributed by atoms with Gasteiger partial charge in [-0.25, -0.2) is 0 Å².